The fourth-order valence-corrected chi connectivity index (χ4v) is 5.79. The third-order valence-corrected chi connectivity index (χ3v) is 8.00. The minimum atomic E-state index is -1.11. The molecular weight excluding hydrogens is 536 g/mol. The van der Waals surface area contributed by atoms with Crippen molar-refractivity contribution in [3.05, 3.63) is 0 Å². The molecule has 0 aliphatic carbocycles. The van der Waals surface area contributed by atoms with Gasteiger partial charge >= 0.3 is 0 Å². The number of hydrogen-bond donors (Lipinski definition) is 6. The van der Waals surface area contributed by atoms with Crippen LogP contribution in [-0.2, 0) is 28.8 Å². The van der Waals surface area contributed by atoms with Crippen LogP contribution in [0.3, 0.4) is 0 Å². The predicted octanol–water partition coefficient (Wildman–Crippen LogP) is -2.14. The number of nitrogens with one attached hydrogen (secondary N) is 5. The van der Waals surface area contributed by atoms with Crippen molar-refractivity contribution >= 4 is 69.1 Å². The normalized spacial score (nSPS) is 27.9. The van der Waals surface area contributed by atoms with Gasteiger partial charge in [0, 0.05) is 30.6 Å². The fraction of sp³-hybridized carbons (Fsp3) is 0.636. The molecule has 2 aliphatic rings. The molecule has 2 aliphatic heterocycles. The molecule has 0 aromatic heterocycles. The molecule has 38 heavy (non-hydrogen) atoms. The summed E-state index contributed by atoms with van der Waals surface area (Å²) in [5.41, 5.74) is 6.02. The Hall–Kier alpha value is -3.14. The highest BCUT2D eigenvalue weighted by Crippen LogP contribution is 2.23. The van der Waals surface area contributed by atoms with Crippen molar-refractivity contribution in [2.45, 2.75) is 64.3 Å². The lowest BCUT2D eigenvalue weighted by molar-refractivity contribution is -0.134. The molecule has 1 saturated heterocycles. The van der Waals surface area contributed by atoms with Crippen LogP contribution < -0.4 is 32.3 Å². The predicted molar refractivity (Wildman–Crippen MR) is 145 cm³/mol. The molecule has 0 bridgehead atoms. The number of carbonyl (C=O) groups excluding carboxylic acids is 6. The largest absolute Gasteiger partial charge is 0.368 e. The molecule has 1 fully saturated rings. The quantitative estimate of drug-likeness (QED) is 0.200. The lowest BCUT2D eigenvalue weighted by Crippen LogP contribution is -2.59. The number of carbonyl (C=O) groups is 6. The van der Waals surface area contributed by atoms with Crippen LogP contribution in [0, 0.1) is 5.92 Å². The van der Waals surface area contributed by atoms with Crippen molar-refractivity contribution in [1.82, 2.24) is 26.6 Å². The molecular formula is C22H34N8O6S2. The van der Waals surface area contributed by atoms with Crippen molar-refractivity contribution in [3.63, 3.8) is 0 Å². The number of aliphatic imine (C=N–C) groups is 2. The summed E-state index contributed by atoms with van der Waals surface area (Å²) in [6, 6.07) is -5.23. The maximum Gasteiger partial charge on any atom is 0.244 e. The molecule has 2 rings (SSSR count). The molecule has 0 saturated carbocycles. The third kappa shape index (κ3) is 9.63. The summed E-state index contributed by atoms with van der Waals surface area (Å²) in [7, 11) is 2.35. The van der Waals surface area contributed by atoms with Gasteiger partial charge in [-0.3, -0.25) is 33.8 Å². The van der Waals surface area contributed by atoms with E-state index in [1.807, 2.05) is 0 Å². The summed E-state index contributed by atoms with van der Waals surface area (Å²) in [5, 5.41) is 12.9. The Labute approximate surface area is 228 Å². The van der Waals surface area contributed by atoms with Gasteiger partial charge in [0.15, 0.2) is 0 Å². The zero-order valence-corrected chi connectivity index (χ0v) is 23.2. The van der Waals surface area contributed by atoms with E-state index in [9.17, 15) is 28.8 Å². The number of hydrogen-bond acceptors (Lipinski definition) is 10. The molecule has 210 valence electrons. The van der Waals surface area contributed by atoms with Crippen molar-refractivity contribution < 1.29 is 28.8 Å². The Balaban J connectivity index is 2.35. The molecule has 7 N–H and O–H groups in total. The zero-order chi connectivity index (χ0) is 28.4. The minimum Gasteiger partial charge on any atom is -0.368 e. The number of nitrogens with two attached hydrogens (primary N) is 1. The average Bonchev–Trinajstić information content (AvgIpc) is 3.34. The monoisotopic (exact) mass is 570 g/mol. The van der Waals surface area contributed by atoms with Crippen molar-refractivity contribution in [2.75, 3.05) is 18.1 Å². The highest BCUT2D eigenvalue weighted by Gasteiger charge is 2.33. The van der Waals surface area contributed by atoms with Crippen LogP contribution in [0.25, 0.3) is 0 Å². The van der Waals surface area contributed by atoms with Gasteiger partial charge in [-0.2, -0.15) is 0 Å². The standard InChI is InChI=1S/C22H34N8O6S2/c1-10(2)17-22(36)29-15(18(23)32)7-37-38-8-16(27-12(4)31)21(35)28-14(5-13-6-24-9-25-13)20(34)26-11(3)19(33)30-17/h9-11,14-17H,5-8H2,1-4H3,(H2,23,32)(H,26,34)(H,27,31)(H,28,35)(H,29,36)(H,30,33)/t11-,14+,15+,16+,17+/m1/s1. The SMILES string of the molecule is CC(=O)N[C@H]1CSSC[C@@H](C(N)=O)NC(=O)[C@H](C(C)C)NC(=O)[C@@H](C)NC(=O)[C@H](CC2=NC=NC2)NC1=O. The van der Waals surface area contributed by atoms with E-state index in [2.05, 4.69) is 36.6 Å². The van der Waals surface area contributed by atoms with E-state index >= 15 is 0 Å². The van der Waals surface area contributed by atoms with Gasteiger partial charge in [0.25, 0.3) is 0 Å². The van der Waals surface area contributed by atoms with Crippen LogP contribution in [0.15, 0.2) is 9.98 Å². The first-order valence-corrected chi connectivity index (χ1v) is 14.4. The van der Waals surface area contributed by atoms with Crippen molar-refractivity contribution in [3.8, 4) is 0 Å². The maximum absolute atomic E-state index is 13.1. The highest BCUT2D eigenvalue weighted by molar-refractivity contribution is 8.76. The van der Waals surface area contributed by atoms with Gasteiger partial charge in [-0.05, 0) is 12.8 Å². The summed E-state index contributed by atoms with van der Waals surface area (Å²) in [5.74, 6) is -3.89. The van der Waals surface area contributed by atoms with Gasteiger partial charge in [0.1, 0.15) is 36.5 Å². The molecule has 0 aromatic carbocycles. The first-order valence-electron chi connectivity index (χ1n) is 11.9. The lowest BCUT2D eigenvalue weighted by atomic mass is 10.0. The molecule has 2 heterocycles. The first-order chi connectivity index (χ1) is 17.9. The summed E-state index contributed by atoms with van der Waals surface area (Å²) < 4.78 is 0. The number of rotatable bonds is 5. The van der Waals surface area contributed by atoms with Crippen LogP contribution in [-0.4, -0.2) is 95.8 Å². The van der Waals surface area contributed by atoms with Gasteiger partial charge in [-0.1, -0.05) is 35.4 Å². The van der Waals surface area contributed by atoms with E-state index in [1.54, 1.807) is 13.8 Å². The van der Waals surface area contributed by atoms with Crippen LogP contribution in [0.1, 0.15) is 34.1 Å². The zero-order valence-electron chi connectivity index (χ0n) is 21.6. The second kappa shape index (κ2) is 14.7. The average molecular weight is 571 g/mol. The van der Waals surface area contributed by atoms with E-state index < -0.39 is 65.7 Å². The molecule has 0 radical (unpaired) electrons. The van der Waals surface area contributed by atoms with Crippen LogP contribution in [0.5, 0.6) is 0 Å². The van der Waals surface area contributed by atoms with Crippen LogP contribution in [0.4, 0.5) is 0 Å². The lowest BCUT2D eigenvalue weighted by Gasteiger charge is -2.26. The van der Waals surface area contributed by atoms with Crippen molar-refractivity contribution in [2.24, 2.45) is 21.6 Å². The Kier molecular flexibility index (Phi) is 12.0. The van der Waals surface area contributed by atoms with E-state index in [-0.39, 0.29) is 30.4 Å². The van der Waals surface area contributed by atoms with E-state index in [1.165, 1.54) is 41.8 Å². The molecule has 14 nitrogen and oxygen atoms in total. The number of amides is 6. The molecule has 6 amide bonds. The maximum atomic E-state index is 13.1. The Morgan fingerprint density at radius 3 is 2.29 bits per heavy atom. The summed E-state index contributed by atoms with van der Waals surface area (Å²) >= 11 is 0. The molecule has 5 atom stereocenters. The molecule has 0 unspecified atom stereocenters. The molecule has 16 heteroatoms. The molecule has 0 spiro atoms. The smallest absolute Gasteiger partial charge is 0.244 e. The Bertz CT molecular complexity index is 1000. The van der Waals surface area contributed by atoms with Gasteiger partial charge in [0.05, 0.1) is 6.54 Å². The first kappa shape index (κ1) is 31.1. The minimum absolute atomic E-state index is 0.0396. The van der Waals surface area contributed by atoms with Gasteiger partial charge in [-0.25, -0.2) is 4.99 Å². The Morgan fingerprint density at radius 1 is 1.03 bits per heavy atom. The third-order valence-electron chi connectivity index (χ3n) is 5.57. The second-order valence-electron chi connectivity index (χ2n) is 9.16. The van der Waals surface area contributed by atoms with E-state index in [0.717, 1.165) is 0 Å². The second-order valence-corrected chi connectivity index (χ2v) is 11.7. The van der Waals surface area contributed by atoms with Crippen LogP contribution >= 0.6 is 21.6 Å². The van der Waals surface area contributed by atoms with Crippen LogP contribution in [0.2, 0.25) is 0 Å². The molecule has 0 aromatic rings. The summed E-state index contributed by atoms with van der Waals surface area (Å²) in [6.45, 7) is 6.40. The van der Waals surface area contributed by atoms with Crippen molar-refractivity contribution in [1.29, 1.82) is 0 Å². The topological polar surface area (TPSA) is 213 Å². The van der Waals surface area contributed by atoms with E-state index in [0.29, 0.717) is 5.71 Å². The van der Waals surface area contributed by atoms with E-state index in [4.69, 9.17) is 5.73 Å². The van der Waals surface area contributed by atoms with Gasteiger partial charge < -0.3 is 32.3 Å². The summed E-state index contributed by atoms with van der Waals surface area (Å²) in [4.78, 5) is 83.9. The number of nitrogens with zero attached hydrogens (tertiary/aromatic N) is 2. The van der Waals surface area contributed by atoms with Gasteiger partial charge in [-0.15, -0.1) is 0 Å². The highest BCUT2D eigenvalue weighted by atomic mass is 33.1. The fourth-order valence-electron chi connectivity index (χ4n) is 3.45. The Morgan fingerprint density at radius 2 is 1.71 bits per heavy atom. The van der Waals surface area contributed by atoms with Gasteiger partial charge in [0.2, 0.25) is 35.4 Å². The summed E-state index contributed by atoms with van der Waals surface area (Å²) in [6.07, 6.45) is 1.39. The number of primary amides is 1.